The lowest BCUT2D eigenvalue weighted by molar-refractivity contribution is 0.0533. The van der Waals surface area contributed by atoms with Crippen molar-refractivity contribution in [2.75, 3.05) is 22.4 Å². The van der Waals surface area contributed by atoms with Crippen LogP contribution in [0.4, 0.5) is 22.2 Å². The van der Waals surface area contributed by atoms with E-state index in [0.29, 0.717) is 16.4 Å². The van der Waals surface area contributed by atoms with E-state index in [1.165, 1.54) is 23.0 Å². The third-order valence-electron chi connectivity index (χ3n) is 4.82. The number of thiophene rings is 1. The molecule has 35 heavy (non-hydrogen) atoms. The number of nitriles is 1. The molecule has 0 unspecified atom stereocenters. The summed E-state index contributed by atoms with van der Waals surface area (Å²) in [7, 11) is -3.91. The van der Waals surface area contributed by atoms with Gasteiger partial charge in [-0.05, 0) is 43.3 Å². The summed E-state index contributed by atoms with van der Waals surface area (Å²) in [5.41, 5.74) is 7.32. The van der Waals surface area contributed by atoms with Crippen LogP contribution in [0.5, 0.6) is 0 Å². The number of carbonyl (C=O) groups excluding carboxylic acids is 1. The van der Waals surface area contributed by atoms with Crippen molar-refractivity contribution in [3.05, 3.63) is 77.3 Å². The second kappa shape index (κ2) is 9.88. The number of nitrogen functional groups attached to an aromatic ring is 1. The number of rotatable bonds is 8. The average molecular weight is 509 g/mol. The highest BCUT2D eigenvalue weighted by molar-refractivity contribution is 7.92. The Morgan fingerprint density at radius 3 is 2.54 bits per heavy atom. The molecule has 178 valence electrons. The van der Waals surface area contributed by atoms with E-state index in [4.69, 9.17) is 10.5 Å². The minimum atomic E-state index is -3.91. The van der Waals surface area contributed by atoms with Crippen molar-refractivity contribution in [2.45, 2.75) is 11.8 Å². The van der Waals surface area contributed by atoms with Crippen LogP contribution in [0.3, 0.4) is 0 Å². The van der Waals surface area contributed by atoms with Gasteiger partial charge in [0.25, 0.3) is 10.0 Å². The maximum atomic E-state index is 13.0. The minimum absolute atomic E-state index is 0.0299. The van der Waals surface area contributed by atoms with E-state index in [9.17, 15) is 18.5 Å². The Balaban J connectivity index is 1.54. The zero-order valence-corrected chi connectivity index (χ0v) is 20.1. The molecule has 12 heteroatoms. The first-order valence-electron chi connectivity index (χ1n) is 10.3. The number of esters is 1. The van der Waals surface area contributed by atoms with Crippen molar-refractivity contribution >= 4 is 49.5 Å². The summed E-state index contributed by atoms with van der Waals surface area (Å²) < 4.78 is 34.9. The summed E-state index contributed by atoms with van der Waals surface area (Å²) in [6.45, 7) is 1.85. The number of ether oxygens (including phenoxy) is 1. The Kier molecular flexibility index (Phi) is 6.72. The van der Waals surface area contributed by atoms with Crippen LogP contribution in [0.25, 0.3) is 5.69 Å². The first-order chi connectivity index (χ1) is 16.8. The van der Waals surface area contributed by atoms with Crippen molar-refractivity contribution in [1.82, 2.24) is 9.78 Å². The predicted octanol–water partition coefficient (Wildman–Crippen LogP) is 4.11. The molecule has 2 heterocycles. The van der Waals surface area contributed by atoms with Crippen molar-refractivity contribution in [2.24, 2.45) is 0 Å². The molecule has 0 saturated heterocycles. The van der Waals surface area contributed by atoms with Crippen LogP contribution >= 0.6 is 11.3 Å². The fourth-order valence-electron chi connectivity index (χ4n) is 3.19. The number of hydrogen-bond donors (Lipinski definition) is 3. The summed E-state index contributed by atoms with van der Waals surface area (Å²) in [5.74, 6) is -0.320. The third-order valence-corrected chi connectivity index (χ3v) is 7.29. The molecule has 0 amide bonds. The Labute approximate surface area is 205 Å². The molecule has 2 aromatic carbocycles. The standard InChI is InChI=1S/C23H20N6O4S2/c1-2-33-23(30)21-20(25)18(14-24)22(34-21)27-15-8-10-17(11-9-15)35(31,32)28-19-12-13-26-29(19)16-6-4-3-5-7-16/h3-13,27-28H,2,25H2,1H3. The molecular weight excluding hydrogens is 488 g/mol. The van der Waals surface area contributed by atoms with Gasteiger partial charge in [-0.2, -0.15) is 10.4 Å². The number of sulfonamides is 1. The van der Waals surface area contributed by atoms with Gasteiger partial charge in [-0.15, -0.1) is 11.3 Å². The van der Waals surface area contributed by atoms with E-state index in [2.05, 4.69) is 15.1 Å². The number of para-hydroxylation sites is 1. The molecular formula is C23H20N6O4S2. The SMILES string of the molecule is CCOC(=O)c1sc(Nc2ccc(S(=O)(=O)Nc3ccnn3-c3ccccc3)cc2)c(C#N)c1N. The van der Waals surface area contributed by atoms with E-state index in [-0.39, 0.29) is 33.4 Å². The Hall–Kier alpha value is -4.34. The van der Waals surface area contributed by atoms with Crippen LogP contribution < -0.4 is 15.8 Å². The van der Waals surface area contributed by atoms with Gasteiger partial charge >= 0.3 is 5.97 Å². The molecule has 0 aliphatic heterocycles. The normalized spacial score (nSPS) is 11.0. The van der Waals surface area contributed by atoms with Crippen LogP contribution in [0.2, 0.25) is 0 Å². The highest BCUT2D eigenvalue weighted by Crippen LogP contribution is 2.37. The van der Waals surface area contributed by atoms with Gasteiger partial charge in [-0.1, -0.05) is 18.2 Å². The second-order valence-electron chi connectivity index (χ2n) is 7.10. The van der Waals surface area contributed by atoms with Gasteiger partial charge in [-0.25, -0.2) is 17.9 Å². The summed E-state index contributed by atoms with van der Waals surface area (Å²) in [4.78, 5) is 12.2. The van der Waals surface area contributed by atoms with Crippen LogP contribution in [0, 0.1) is 11.3 Å². The summed E-state index contributed by atoms with van der Waals surface area (Å²) in [5, 5.41) is 17.0. The molecule has 0 saturated carbocycles. The maximum Gasteiger partial charge on any atom is 0.350 e. The number of benzene rings is 2. The fraction of sp³-hybridized carbons (Fsp3) is 0.0870. The van der Waals surface area contributed by atoms with Crippen molar-refractivity contribution in [3.8, 4) is 11.8 Å². The highest BCUT2D eigenvalue weighted by atomic mass is 32.2. The van der Waals surface area contributed by atoms with Crippen LogP contribution in [0.15, 0.2) is 71.8 Å². The molecule has 4 rings (SSSR count). The Morgan fingerprint density at radius 1 is 1.17 bits per heavy atom. The van der Waals surface area contributed by atoms with E-state index in [1.807, 2.05) is 36.4 Å². The Morgan fingerprint density at radius 2 is 1.89 bits per heavy atom. The fourth-order valence-corrected chi connectivity index (χ4v) is 5.22. The average Bonchev–Trinajstić information content (AvgIpc) is 3.43. The number of nitrogens with two attached hydrogens (primary N) is 1. The van der Waals surface area contributed by atoms with E-state index in [1.54, 1.807) is 25.1 Å². The third kappa shape index (κ3) is 4.96. The van der Waals surface area contributed by atoms with E-state index in [0.717, 1.165) is 11.3 Å². The van der Waals surface area contributed by atoms with Crippen molar-refractivity contribution in [1.29, 1.82) is 5.26 Å². The van der Waals surface area contributed by atoms with Gasteiger partial charge < -0.3 is 15.8 Å². The van der Waals surface area contributed by atoms with Crippen LogP contribution in [0.1, 0.15) is 22.2 Å². The molecule has 4 N–H and O–H groups in total. The molecule has 4 aromatic rings. The number of anilines is 4. The predicted molar refractivity (Wildman–Crippen MR) is 134 cm³/mol. The quantitative estimate of drug-likeness (QED) is 0.301. The lowest BCUT2D eigenvalue weighted by Gasteiger charge is -2.11. The van der Waals surface area contributed by atoms with E-state index < -0.39 is 16.0 Å². The van der Waals surface area contributed by atoms with Crippen LogP contribution in [-0.2, 0) is 14.8 Å². The second-order valence-corrected chi connectivity index (χ2v) is 9.80. The van der Waals surface area contributed by atoms with Crippen molar-refractivity contribution in [3.63, 3.8) is 0 Å². The molecule has 0 fully saturated rings. The van der Waals surface area contributed by atoms with Crippen molar-refractivity contribution < 1.29 is 17.9 Å². The lowest BCUT2D eigenvalue weighted by atomic mass is 10.2. The molecule has 0 spiro atoms. The summed E-state index contributed by atoms with van der Waals surface area (Å²) in [6.07, 6.45) is 1.50. The summed E-state index contributed by atoms with van der Waals surface area (Å²) in [6, 6.07) is 18.6. The van der Waals surface area contributed by atoms with Gasteiger partial charge in [0.2, 0.25) is 0 Å². The molecule has 0 radical (unpaired) electrons. The summed E-state index contributed by atoms with van der Waals surface area (Å²) >= 11 is 0.992. The molecule has 0 aliphatic rings. The smallest absolute Gasteiger partial charge is 0.350 e. The number of aromatic nitrogens is 2. The number of nitrogens with zero attached hydrogens (tertiary/aromatic N) is 3. The molecule has 2 aromatic heterocycles. The Bertz CT molecular complexity index is 1500. The van der Waals surface area contributed by atoms with Gasteiger partial charge in [0, 0.05) is 11.8 Å². The van der Waals surface area contributed by atoms with E-state index >= 15 is 0 Å². The number of hydrogen-bond acceptors (Lipinski definition) is 9. The zero-order valence-electron chi connectivity index (χ0n) is 18.4. The van der Waals surface area contributed by atoms with Gasteiger partial charge in [0.1, 0.15) is 27.3 Å². The largest absolute Gasteiger partial charge is 0.462 e. The molecule has 0 atom stereocenters. The van der Waals surface area contributed by atoms with Gasteiger partial charge in [-0.3, -0.25) is 4.72 Å². The number of carbonyl (C=O) groups is 1. The first kappa shape index (κ1) is 23.8. The first-order valence-corrected chi connectivity index (χ1v) is 12.6. The lowest BCUT2D eigenvalue weighted by Crippen LogP contribution is -2.15. The number of nitrogens with one attached hydrogen (secondary N) is 2. The van der Waals surface area contributed by atoms with Gasteiger partial charge in [0.15, 0.2) is 0 Å². The highest BCUT2D eigenvalue weighted by Gasteiger charge is 2.22. The molecule has 0 aliphatic carbocycles. The molecule has 0 bridgehead atoms. The monoisotopic (exact) mass is 508 g/mol. The maximum absolute atomic E-state index is 13.0. The molecule has 10 nitrogen and oxygen atoms in total. The topological polar surface area (TPSA) is 152 Å². The zero-order chi connectivity index (χ0) is 25.0. The van der Waals surface area contributed by atoms with Gasteiger partial charge in [0.05, 0.1) is 29.1 Å². The minimum Gasteiger partial charge on any atom is -0.462 e. The van der Waals surface area contributed by atoms with Crippen LogP contribution in [-0.4, -0.2) is 30.8 Å².